The van der Waals surface area contributed by atoms with Gasteiger partial charge in [-0.1, -0.05) is 30.3 Å². The average molecular weight is 296 g/mol. The normalized spacial score (nSPS) is 20.3. The van der Waals surface area contributed by atoms with E-state index in [0.29, 0.717) is 19.6 Å². The van der Waals surface area contributed by atoms with Gasteiger partial charge in [0, 0.05) is 32.0 Å². The SMILES string of the molecule is CC(=O)NCC1(c2ccccc2)CCN(S(=O)O)CC1. The number of hydrogen-bond acceptors (Lipinski definition) is 2. The molecule has 1 aromatic carbocycles. The largest absolute Gasteiger partial charge is 0.355 e. The molecule has 1 aliphatic heterocycles. The van der Waals surface area contributed by atoms with E-state index in [1.54, 1.807) is 4.31 Å². The van der Waals surface area contributed by atoms with Crippen LogP contribution in [-0.2, 0) is 21.5 Å². The summed E-state index contributed by atoms with van der Waals surface area (Å²) in [6.07, 6.45) is 1.51. The Balaban J connectivity index is 2.18. The number of amides is 1. The van der Waals surface area contributed by atoms with E-state index in [2.05, 4.69) is 17.4 Å². The van der Waals surface area contributed by atoms with Gasteiger partial charge in [0.1, 0.15) is 0 Å². The Morgan fingerprint density at radius 2 is 1.95 bits per heavy atom. The van der Waals surface area contributed by atoms with Gasteiger partial charge in [-0.25, -0.2) is 8.51 Å². The van der Waals surface area contributed by atoms with E-state index in [1.807, 2.05) is 18.2 Å². The zero-order valence-corrected chi connectivity index (χ0v) is 12.4. The lowest BCUT2D eigenvalue weighted by Crippen LogP contribution is -2.49. The van der Waals surface area contributed by atoms with E-state index in [9.17, 15) is 9.00 Å². The van der Waals surface area contributed by atoms with Gasteiger partial charge < -0.3 is 5.32 Å². The minimum absolute atomic E-state index is 0.0477. The number of nitrogens with zero attached hydrogens (tertiary/aromatic N) is 1. The quantitative estimate of drug-likeness (QED) is 0.823. The van der Waals surface area contributed by atoms with Crippen molar-refractivity contribution in [3.05, 3.63) is 35.9 Å². The minimum atomic E-state index is -1.91. The molecule has 1 unspecified atom stereocenters. The second kappa shape index (κ2) is 6.47. The van der Waals surface area contributed by atoms with Crippen molar-refractivity contribution in [2.75, 3.05) is 19.6 Å². The fraction of sp³-hybridized carbons (Fsp3) is 0.500. The lowest BCUT2D eigenvalue weighted by Gasteiger charge is -2.41. The first-order valence-electron chi connectivity index (χ1n) is 6.69. The number of rotatable bonds is 4. The molecule has 1 saturated heterocycles. The molecule has 0 radical (unpaired) electrons. The van der Waals surface area contributed by atoms with Crippen molar-refractivity contribution >= 4 is 17.2 Å². The summed E-state index contributed by atoms with van der Waals surface area (Å²) in [6, 6.07) is 10.1. The first-order chi connectivity index (χ1) is 9.53. The molecular formula is C14H20N2O3S. The van der Waals surface area contributed by atoms with E-state index in [-0.39, 0.29) is 11.3 Å². The molecular weight excluding hydrogens is 276 g/mol. The van der Waals surface area contributed by atoms with Crippen molar-refractivity contribution in [2.45, 2.75) is 25.2 Å². The van der Waals surface area contributed by atoms with Crippen molar-refractivity contribution in [3.8, 4) is 0 Å². The van der Waals surface area contributed by atoms with Crippen molar-refractivity contribution in [3.63, 3.8) is 0 Å². The number of carbonyl (C=O) groups is 1. The standard InChI is InChI=1S/C14H20N2O3S/c1-12(17)15-11-14(13-5-3-2-4-6-13)7-9-16(10-8-14)20(18)19/h2-6H,7-11H2,1H3,(H,15,17)(H,18,19). The van der Waals surface area contributed by atoms with Gasteiger partial charge in [-0.2, -0.15) is 0 Å². The van der Waals surface area contributed by atoms with Crippen LogP contribution in [0.2, 0.25) is 0 Å². The molecule has 0 saturated carbocycles. The van der Waals surface area contributed by atoms with Gasteiger partial charge in [0.15, 0.2) is 0 Å². The molecule has 2 N–H and O–H groups in total. The average Bonchev–Trinajstić information content (AvgIpc) is 2.46. The predicted molar refractivity (Wildman–Crippen MR) is 78.4 cm³/mol. The van der Waals surface area contributed by atoms with Crippen LogP contribution in [0.15, 0.2) is 30.3 Å². The Labute approximate surface area is 121 Å². The molecule has 0 spiro atoms. The number of benzene rings is 1. The van der Waals surface area contributed by atoms with Crippen molar-refractivity contribution in [1.29, 1.82) is 0 Å². The van der Waals surface area contributed by atoms with Crippen LogP contribution in [-0.4, -0.2) is 38.6 Å². The highest BCUT2D eigenvalue weighted by molar-refractivity contribution is 7.76. The minimum Gasteiger partial charge on any atom is -0.355 e. The van der Waals surface area contributed by atoms with Crippen LogP contribution in [0.1, 0.15) is 25.3 Å². The van der Waals surface area contributed by atoms with Crippen LogP contribution in [0.5, 0.6) is 0 Å². The van der Waals surface area contributed by atoms with Gasteiger partial charge in [0.05, 0.1) is 0 Å². The van der Waals surface area contributed by atoms with Crippen LogP contribution in [0.3, 0.4) is 0 Å². The molecule has 6 heteroatoms. The fourth-order valence-corrected chi connectivity index (χ4v) is 3.22. The van der Waals surface area contributed by atoms with Crippen LogP contribution < -0.4 is 5.32 Å². The smallest absolute Gasteiger partial charge is 0.234 e. The van der Waals surface area contributed by atoms with Gasteiger partial charge in [-0.15, -0.1) is 0 Å². The van der Waals surface area contributed by atoms with Gasteiger partial charge in [-0.05, 0) is 18.4 Å². The summed E-state index contributed by atoms with van der Waals surface area (Å²) in [5.74, 6) is -0.0477. The molecule has 110 valence electrons. The predicted octanol–water partition coefficient (Wildman–Crippen LogP) is 1.29. The maximum atomic E-state index is 11.2. The molecule has 1 heterocycles. The number of carbonyl (C=O) groups excluding carboxylic acids is 1. The number of piperidine rings is 1. The molecule has 0 aromatic heterocycles. The number of hydrogen-bond donors (Lipinski definition) is 2. The van der Waals surface area contributed by atoms with Crippen LogP contribution >= 0.6 is 0 Å². The second-order valence-electron chi connectivity index (χ2n) is 5.22. The monoisotopic (exact) mass is 296 g/mol. The molecule has 5 nitrogen and oxygen atoms in total. The molecule has 1 fully saturated rings. The van der Waals surface area contributed by atoms with Crippen molar-refractivity contribution in [1.82, 2.24) is 9.62 Å². The third kappa shape index (κ3) is 3.45. The van der Waals surface area contributed by atoms with Gasteiger partial charge >= 0.3 is 0 Å². The zero-order chi connectivity index (χ0) is 14.6. The molecule has 1 aromatic rings. The molecule has 0 aliphatic carbocycles. The van der Waals surface area contributed by atoms with Crippen LogP contribution in [0.25, 0.3) is 0 Å². The Morgan fingerprint density at radius 1 is 1.35 bits per heavy atom. The molecule has 1 amide bonds. The van der Waals surface area contributed by atoms with Crippen molar-refractivity contribution in [2.24, 2.45) is 0 Å². The Bertz CT molecular complexity index is 484. The summed E-state index contributed by atoms with van der Waals surface area (Å²) in [5, 5.41) is 2.90. The molecule has 2 rings (SSSR count). The highest BCUT2D eigenvalue weighted by atomic mass is 32.2. The maximum absolute atomic E-state index is 11.2. The third-order valence-electron chi connectivity index (χ3n) is 3.96. The summed E-state index contributed by atoms with van der Waals surface area (Å²) in [6.45, 7) is 3.18. The topological polar surface area (TPSA) is 69.6 Å². The highest BCUT2D eigenvalue weighted by Crippen LogP contribution is 2.35. The Hall–Kier alpha value is -1.24. The molecule has 20 heavy (non-hydrogen) atoms. The lowest BCUT2D eigenvalue weighted by molar-refractivity contribution is -0.119. The van der Waals surface area contributed by atoms with E-state index in [0.717, 1.165) is 12.8 Å². The number of nitrogens with one attached hydrogen (secondary N) is 1. The zero-order valence-electron chi connectivity index (χ0n) is 11.5. The fourth-order valence-electron chi connectivity index (χ4n) is 2.72. The van der Waals surface area contributed by atoms with E-state index in [4.69, 9.17) is 4.55 Å². The van der Waals surface area contributed by atoms with Crippen molar-refractivity contribution < 1.29 is 13.6 Å². The lowest BCUT2D eigenvalue weighted by atomic mass is 9.73. The van der Waals surface area contributed by atoms with Gasteiger partial charge in [-0.3, -0.25) is 9.35 Å². The van der Waals surface area contributed by atoms with E-state index < -0.39 is 11.3 Å². The molecule has 1 aliphatic rings. The van der Waals surface area contributed by atoms with Crippen LogP contribution in [0.4, 0.5) is 0 Å². The summed E-state index contributed by atoms with van der Waals surface area (Å²) in [4.78, 5) is 11.2. The van der Waals surface area contributed by atoms with Crippen LogP contribution in [0, 0.1) is 0 Å². The summed E-state index contributed by atoms with van der Waals surface area (Å²) in [5.41, 5.74) is 1.03. The summed E-state index contributed by atoms with van der Waals surface area (Å²) >= 11 is -1.91. The summed E-state index contributed by atoms with van der Waals surface area (Å²) in [7, 11) is 0. The molecule has 0 bridgehead atoms. The maximum Gasteiger partial charge on any atom is 0.234 e. The summed E-state index contributed by atoms with van der Waals surface area (Å²) < 4.78 is 21.9. The van der Waals surface area contributed by atoms with E-state index in [1.165, 1.54) is 12.5 Å². The Kier molecular flexibility index (Phi) is 4.91. The Morgan fingerprint density at radius 3 is 2.45 bits per heavy atom. The van der Waals surface area contributed by atoms with Gasteiger partial charge in [0.25, 0.3) is 0 Å². The molecule has 1 atom stereocenters. The first-order valence-corrected chi connectivity index (χ1v) is 7.76. The second-order valence-corrected chi connectivity index (χ2v) is 6.19. The van der Waals surface area contributed by atoms with E-state index >= 15 is 0 Å². The first kappa shape index (κ1) is 15.2. The third-order valence-corrected chi connectivity index (χ3v) is 4.77. The highest BCUT2D eigenvalue weighted by Gasteiger charge is 2.37. The van der Waals surface area contributed by atoms with Gasteiger partial charge in [0.2, 0.25) is 17.2 Å².